The molecule has 150 valence electrons. The summed E-state index contributed by atoms with van der Waals surface area (Å²) in [6.07, 6.45) is 0.639. The maximum absolute atomic E-state index is 12.2. The van der Waals surface area contributed by atoms with Gasteiger partial charge < -0.3 is 14.8 Å². The van der Waals surface area contributed by atoms with Crippen LogP contribution < -0.4 is 10.1 Å². The SMILES string of the molecule is COc1cccc(C(=O)NCC(=O)OCC(=O)N2CCC(c3ccccc3)=N2)c1. The van der Waals surface area contributed by atoms with Crippen molar-refractivity contribution >= 4 is 23.5 Å². The van der Waals surface area contributed by atoms with E-state index < -0.39 is 24.4 Å². The Morgan fingerprint density at radius 1 is 1.10 bits per heavy atom. The van der Waals surface area contributed by atoms with Gasteiger partial charge in [-0.25, -0.2) is 5.01 Å². The first-order valence-corrected chi connectivity index (χ1v) is 9.08. The lowest BCUT2D eigenvalue weighted by Gasteiger charge is -2.12. The van der Waals surface area contributed by atoms with Gasteiger partial charge in [-0.2, -0.15) is 5.10 Å². The average molecular weight is 395 g/mol. The number of esters is 1. The van der Waals surface area contributed by atoms with Crippen LogP contribution in [0.5, 0.6) is 5.75 Å². The van der Waals surface area contributed by atoms with Crippen molar-refractivity contribution < 1.29 is 23.9 Å². The molecule has 0 unspecified atom stereocenters. The smallest absolute Gasteiger partial charge is 0.325 e. The molecule has 0 radical (unpaired) electrons. The van der Waals surface area contributed by atoms with Gasteiger partial charge in [0.05, 0.1) is 19.4 Å². The summed E-state index contributed by atoms with van der Waals surface area (Å²) >= 11 is 0. The van der Waals surface area contributed by atoms with E-state index in [1.54, 1.807) is 24.3 Å². The highest BCUT2D eigenvalue weighted by Crippen LogP contribution is 2.14. The molecule has 8 nitrogen and oxygen atoms in total. The highest BCUT2D eigenvalue weighted by atomic mass is 16.5. The minimum atomic E-state index is -0.707. The Morgan fingerprint density at radius 3 is 2.66 bits per heavy atom. The summed E-state index contributed by atoms with van der Waals surface area (Å²) in [7, 11) is 1.50. The summed E-state index contributed by atoms with van der Waals surface area (Å²) in [5.74, 6) is -1.03. The normalized spacial score (nSPS) is 12.9. The third-order valence-electron chi connectivity index (χ3n) is 4.28. The number of carbonyl (C=O) groups is 3. The summed E-state index contributed by atoms with van der Waals surface area (Å²) in [5, 5.41) is 8.04. The first-order chi connectivity index (χ1) is 14.1. The quantitative estimate of drug-likeness (QED) is 0.719. The van der Waals surface area contributed by atoms with E-state index in [9.17, 15) is 14.4 Å². The molecule has 2 aromatic carbocycles. The maximum Gasteiger partial charge on any atom is 0.325 e. The van der Waals surface area contributed by atoms with Crippen molar-refractivity contribution in [2.45, 2.75) is 6.42 Å². The molecule has 0 fully saturated rings. The third-order valence-corrected chi connectivity index (χ3v) is 4.28. The lowest BCUT2D eigenvalue weighted by atomic mass is 10.1. The molecule has 8 heteroatoms. The second-order valence-electron chi connectivity index (χ2n) is 6.25. The van der Waals surface area contributed by atoms with Crippen LogP contribution in [0.3, 0.4) is 0 Å². The van der Waals surface area contributed by atoms with Crippen molar-refractivity contribution in [1.82, 2.24) is 10.3 Å². The Bertz CT molecular complexity index is 927. The number of hydrogen-bond donors (Lipinski definition) is 1. The minimum absolute atomic E-state index is 0.345. The molecule has 1 N–H and O–H groups in total. The Hall–Kier alpha value is -3.68. The van der Waals surface area contributed by atoms with E-state index in [2.05, 4.69) is 10.4 Å². The maximum atomic E-state index is 12.2. The van der Waals surface area contributed by atoms with Gasteiger partial charge in [-0.1, -0.05) is 36.4 Å². The number of rotatable bonds is 7. The number of carbonyl (C=O) groups excluding carboxylic acids is 3. The average Bonchev–Trinajstić information content (AvgIpc) is 3.27. The van der Waals surface area contributed by atoms with Crippen molar-refractivity contribution in [2.75, 3.05) is 26.8 Å². The van der Waals surface area contributed by atoms with E-state index in [1.807, 2.05) is 30.3 Å². The number of amides is 2. The Labute approximate surface area is 168 Å². The zero-order valence-corrected chi connectivity index (χ0v) is 16.0. The number of benzene rings is 2. The highest BCUT2D eigenvalue weighted by Gasteiger charge is 2.22. The number of methoxy groups -OCH3 is 1. The lowest BCUT2D eigenvalue weighted by molar-refractivity contribution is -0.150. The molecule has 0 bridgehead atoms. The fraction of sp³-hybridized carbons (Fsp3) is 0.238. The van der Waals surface area contributed by atoms with Gasteiger partial charge in [0, 0.05) is 12.0 Å². The predicted octanol–water partition coefficient (Wildman–Crippen LogP) is 1.60. The minimum Gasteiger partial charge on any atom is -0.497 e. The highest BCUT2D eigenvalue weighted by molar-refractivity contribution is 6.02. The topological polar surface area (TPSA) is 97.3 Å². The second kappa shape index (κ2) is 9.50. The molecule has 0 saturated heterocycles. The first-order valence-electron chi connectivity index (χ1n) is 9.08. The van der Waals surface area contributed by atoms with Crippen LogP contribution in [0, 0.1) is 0 Å². The zero-order valence-electron chi connectivity index (χ0n) is 16.0. The lowest BCUT2D eigenvalue weighted by Crippen LogP contribution is -2.33. The van der Waals surface area contributed by atoms with Crippen LogP contribution in [-0.2, 0) is 14.3 Å². The number of hydrazone groups is 1. The fourth-order valence-electron chi connectivity index (χ4n) is 2.76. The van der Waals surface area contributed by atoms with Gasteiger partial charge in [0.1, 0.15) is 12.3 Å². The molecule has 3 rings (SSSR count). The molecule has 0 aromatic heterocycles. The van der Waals surface area contributed by atoms with E-state index in [1.165, 1.54) is 12.1 Å². The van der Waals surface area contributed by atoms with E-state index in [0.29, 0.717) is 24.3 Å². The molecule has 1 aliphatic heterocycles. The Balaban J connectivity index is 1.44. The zero-order chi connectivity index (χ0) is 20.6. The fourth-order valence-corrected chi connectivity index (χ4v) is 2.76. The molecule has 0 saturated carbocycles. The monoisotopic (exact) mass is 395 g/mol. The Kier molecular flexibility index (Phi) is 6.57. The van der Waals surface area contributed by atoms with Crippen molar-refractivity contribution in [3.63, 3.8) is 0 Å². The predicted molar refractivity (Wildman–Crippen MR) is 106 cm³/mol. The van der Waals surface area contributed by atoms with E-state index >= 15 is 0 Å². The first kappa shape index (κ1) is 20.1. The van der Waals surface area contributed by atoms with Gasteiger partial charge in [-0.15, -0.1) is 0 Å². The summed E-state index contributed by atoms with van der Waals surface area (Å²) in [5.41, 5.74) is 2.13. The van der Waals surface area contributed by atoms with Gasteiger partial charge in [0.2, 0.25) is 0 Å². The number of nitrogens with zero attached hydrogens (tertiary/aromatic N) is 2. The van der Waals surface area contributed by atoms with Crippen molar-refractivity contribution in [2.24, 2.45) is 5.10 Å². The second-order valence-corrected chi connectivity index (χ2v) is 6.25. The van der Waals surface area contributed by atoms with Crippen molar-refractivity contribution in [3.05, 3.63) is 65.7 Å². The van der Waals surface area contributed by atoms with Crippen LogP contribution in [-0.4, -0.2) is 55.3 Å². The molecule has 2 amide bonds. The molecule has 1 heterocycles. The Morgan fingerprint density at radius 2 is 1.90 bits per heavy atom. The molecule has 0 spiro atoms. The van der Waals surface area contributed by atoms with Crippen LogP contribution in [0.1, 0.15) is 22.3 Å². The van der Waals surface area contributed by atoms with Crippen molar-refractivity contribution in [1.29, 1.82) is 0 Å². The molecule has 1 aliphatic rings. The van der Waals surface area contributed by atoms with Gasteiger partial charge >= 0.3 is 5.97 Å². The molecule has 2 aromatic rings. The summed E-state index contributed by atoms with van der Waals surface area (Å²) in [4.78, 5) is 36.1. The molecular weight excluding hydrogens is 374 g/mol. The molecule has 0 aliphatic carbocycles. The number of ether oxygens (including phenoxy) is 2. The van der Waals surface area contributed by atoms with E-state index in [4.69, 9.17) is 9.47 Å². The van der Waals surface area contributed by atoms with Crippen LogP contribution >= 0.6 is 0 Å². The number of hydrogen-bond acceptors (Lipinski definition) is 6. The summed E-state index contributed by atoms with van der Waals surface area (Å²) in [6, 6.07) is 16.1. The van der Waals surface area contributed by atoms with Crippen LogP contribution in [0.15, 0.2) is 59.7 Å². The van der Waals surface area contributed by atoms with E-state index in [-0.39, 0.29) is 6.54 Å². The van der Waals surface area contributed by atoms with Gasteiger partial charge in [-0.3, -0.25) is 14.4 Å². The van der Waals surface area contributed by atoms with Crippen molar-refractivity contribution in [3.8, 4) is 5.75 Å². The third kappa shape index (κ3) is 5.41. The summed E-state index contributed by atoms with van der Waals surface area (Å²) in [6.45, 7) is -0.339. The molecule has 29 heavy (non-hydrogen) atoms. The largest absolute Gasteiger partial charge is 0.497 e. The summed E-state index contributed by atoms with van der Waals surface area (Å²) < 4.78 is 10.0. The van der Waals surface area contributed by atoms with Crippen LogP contribution in [0.4, 0.5) is 0 Å². The molecule has 0 atom stereocenters. The van der Waals surface area contributed by atoms with Gasteiger partial charge in [-0.05, 0) is 23.8 Å². The van der Waals surface area contributed by atoms with E-state index in [0.717, 1.165) is 11.3 Å². The van der Waals surface area contributed by atoms with Crippen LogP contribution in [0.2, 0.25) is 0 Å². The van der Waals surface area contributed by atoms with Gasteiger partial charge in [0.15, 0.2) is 6.61 Å². The number of nitrogens with one attached hydrogen (secondary N) is 1. The van der Waals surface area contributed by atoms with Crippen LogP contribution in [0.25, 0.3) is 0 Å². The van der Waals surface area contributed by atoms with Gasteiger partial charge in [0.25, 0.3) is 11.8 Å². The standard InChI is InChI=1S/C21H21N3O5/c1-28-17-9-5-8-16(12-17)21(27)22-13-20(26)29-14-19(25)24-11-10-18(23-24)15-6-3-2-4-7-15/h2-9,12H,10-11,13-14H2,1H3,(H,22,27). The molecular formula is C21H21N3O5.